The van der Waals surface area contributed by atoms with Crippen LogP contribution in [0.25, 0.3) is 0 Å². The molecule has 0 saturated carbocycles. The van der Waals surface area contributed by atoms with E-state index < -0.39 is 0 Å². The molecular weight excluding hydrogens is 336 g/mol. The number of rotatable bonds is 1. The van der Waals surface area contributed by atoms with E-state index in [0.29, 0.717) is 5.92 Å². The molecule has 0 radical (unpaired) electrons. The Morgan fingerprint density at radius 2 is 1.59 bits per heavy atom. The number of amides is 1. The number of carbonyl (C=O) groups excluding carboxylic acids is 1. The van der Waals surface area contributed by atoms with Crippen LogP contribution >= 0.6 is 0 Å². The van der Waals surface area contributed by atoms with Crippen molar-refractivity contribution in [3.8, 4) is 0 Å². The topological polar surface area (TPSA) is 43.1 Å². The number of nitrogens with two attached hydrogens (primary N) is 1. The number of carbonyl (C=O) groups is 1. The maximum atomic E-state index is 9.22. The van der Waals surface area contributed by atoms with Crippen LogP contribution in [0.3, 0.4) is 0 Å². The summed E-state index contributed by atoms with van der Waals surface area (Å²) >= 11 is 1.51. The summed E-state index contributed by atoms with van der Waals surface area (Å²) in [4.78, 5) is 9.22. The summed E-state index contributed by atoms with van der Waals surface area (Å²) in [6.07, 6.45) is 0. The summed E-state index contributed by atoms with van der Waals surface area (Å²) in [6.45, 7) is 10.3. The van der Waals surface area contributed by atoms with Crippen molar-refractivity contribution in [2.24, 2.45) is 11.7 Å². The Morgan fingerprint density at radius 3 is 1.71 bits per heavy atom. The summed E-state index contributed by atoms with van der Waals surface area (Å²) < 4.78 is 2.33. The Kier molecular flexibility index (Phi) is 13.5. The van der Waals surface area contributed by atoms with E-state index >= 15 is 0 Å². The van der Waals surface area contributed by atoms with Gasteiger partial charge < -0.3 is 30.5 Å². The molecule has 0 bridgehead atoms. The van der Waals surface area contributed by atoms with Gasteiger partial charge in [0.05, 0.1) is 0 Å². The Morgan fingerprint density at radius 1 is 1.24 bits per heavy atom. The van der Waals surface area contributed by atoms with Gasteiger partial charge in [0.1, 0.15) is 0 Å². The summed E-state index contributed by atoms with van der Waals surface area (Å²) in [6, 6.07) is 0. The molecule has 0 heterocycles. The molecule has 1 aliphatic carbocycles. The molecule has 0 aromatic heterocycles. The van der Waals surface area contributed by atoms with Crippen molar-refractivity contribution < 1.29 is 53.8 Å². The summed E-state index contributed by atoms with van der Waals surface area (Å²) in [7, 11) is 0. The number of hydrogen-bond donors (Lipinski definition) is 1. The summed E-state index contributed by atoms with van der Waals surface area (Å²) in [5.41, 5.74) is 10.6. The van der Waals surface area contributed by atoms with E-state index in [2.05, 4.69) is 37.1 Å². The molecule has 1 rings (SSSR count). The third-order valence-corrected chi connectivity index (χ3v) is 3.62. The van der Waals surface area contributed by atoms with Crippen LogP contribution in [0, 0.1) is 5.92 Å². The zero-order valence-corrected chi connectivity index (χ0v) is 14.9. The van der Waals surface area contributed by atoms with Crippen LogP contribution in [0.1, 0.15) is 34.6 Å². The first-order valence-corrected chi connectivity index (χ1v) is 6.39. The van der Waals surface area contributed by atoms with E-state index in [1.807, 2.05) is 0 Å². The van der Waals surface area contributed by atoms with E-state index in [4.69, 9.17) is 0 Å². The molecule has 96 valence electrons. The van der Waals surface area contributed by atoms with Gasteiger partial charge in [0.15, 0.2) is 0 Å². The molecule has 1 atom stereocenters. The fourth-order valence-electron chi connectivity index (χ4n) is 1.63. The van der Waals surface area contributed by atoms with Gasteiger partial charge in [-0.25, -0.2) is 0 Å². The second-order valence-corrected chi connectivity index (χ2v) is 4.57. The van der Waals surface area contributed by atoms with E-state index in [1.54, 1.807) is 11.1 Å². The minimum atomic E-state index is -0.333. The van der Waals surface area contributed by atoms with Crippen LogP contribution in [0.4, 0.5) is 0 Å². The van der Waals surface area contributed by atoms with Crippen LogP contribution in [0.5, 0.6) is 0 Å². The van der Waals surface area contributed by atoms with Gasteiger partial charge in [0, 0.05) is 6.92 Å². The van der Waals surface area contributed by atoms with Gasteiger partial charge in [0.2, 0.25) is 5.91 Å². The van der Waals surface area contributed by atoms with Crippen molar-refractivity contribution in [2.75, 3.05) is 0 Å². The van der Waals surface area contributed by atoms with Crippen molar-refractivity contribution in [2.45, 2.75) is 34.6 Å². The molecular formula is C12H19Cl2NOZr. The Bertz CT molecular complexity index is 344. The minimum Gasteiger partial charge on any atom is -1.00 e. The van der Waals surface area contributed by atoms with Crippen molar-refractivity contribution in [1.29, 1.82) is 0 Å². The van der Waals surface area contributed by atoms with Crippen molar-refractivity contribution in [3.05, 3.63) is 22.3 Å². The first-order valence-electron chi connectivity index (χ1n) is 4.97. The average molecular weight is 355 g/mol. The summed E-state index contributed by atoms with van der Waals surface area (Å²) in [5.74, 6) is 0.342. The van der Waals surface area contributed by atoms with Crippen LogP contribution in [-0.4, -0.2) is 9.62 Å². The normalized spacial score (nSPS) is 17.7. The van der Waals surface area contributed by atoms with E-state index in [9.17, 15) is 4.79 Å². The van der Waals surface area contributed by atoms with Crippen LogP contribution < -0.4 is 30.5 Å². The van der Waals surface area contributed by atoms with Gasteiger partial charge in [-0.05, 0) is 0 Å². The second kappa shape index (κ2) is 10.2. The number of halogens is 2. The van der Waals surface area contributed by atoms with Gasteiger partial charge >= 0.3 is 83.8 Å². The van der Waals surface area contributed by atoms with Crippen LogP contribution in [-0.2, 0) is 29.0 Å². The molecule has 2 nitrogen and oxygen atoms in total. The quantitative estimate of drug-likeness (QED) is 0.514. The third kappa shape index (κ3) is 6.69. The fourth-order valence-corrected chi connectivity index (χ4v) is 2.77. The smallest absolute Gasteiger partial charge is 1.00 e. The molecule has 5 heteroatoms. The Balaban J connectivity index is -0.000000289. The SMILES string of the molecule is CC(N)=O.CC1=C(C)C(C)C([CH]=[Zr+2])=C1C.[Cl-].[Cl-]. The average Bonchev–Trinajstić information content (AvgIpc) is 2.30. The van der Waals surface area contributed by atoms with Gasteiger partial charge in [0.25, 0.3) is 0 Å². The molecule has 0 aliphatic heterocycles. The molecule has 0 fully saturated rings. The van der Waals surface area contributed by atoms with Gasteiger partial charge in [-0.3, -0.25) is 4.79 Å². The van der Waals surface area contributed by atoms with E-state index in [0.717, 1.165) is 0 Å². The number of hydrogen-bond acceptors (Lipinski definition) is 1. The molecule has 0 saturated heterocycles. The van der Waals surface area contributed by atoms with Crippen LogP contribution in [0.2, 0.25) is 0 Å². The van der Waals surface area contributed by atoms with Crippen molar-refractivity contribution in [3.63, 3.8) is 0 Å². The standard InChI is InChI=1S/C10H14.C2H5NO.2ClH.Zr/c1-6-7(2)9(4)10(5)8(6)3;1-2(3)4;;;/h1,7H,2-5H3;1H3,(H2,3,4);2*1H;/q;;;;+2/p-2. The first-order chi connectivity index (χ1) is 6.82. The molecule has 0 aromatic carbocycles. The predicted octanol–water partition coefficient (Wildman–Crippen LogP) is -3.86. The Hall–Kier alpha value is 0.283. The zero-order valence-electron chi connectivity index (χ0n) is 10.9. The molecule has 1 aliphatic rings. The fraction of sp³-hybridized carbons (Fsp3) is 0.500. The molecule has 0 spiro atoms. The molecule has 17 heavy (non-hydrogen) atoms. The van der Waals surface area contributed by atoms with Gasteiger partial charge in [-0.2, -0.15) is 0 Å². The van der Waals surface area contributed by atoms with Crippen molar-refractivity contribution in [1.82, 2.24) is 0 Å². The number of primary amides is 1. The van der Waals surface area contributed by atoms with E-state index in [-0.39, 0.29) is 30.7 Å². The maximum absolute atomic E-state index is 9.22. The summed E-state index contributed by atoms with van der Waals surface area (Å²) in [5, 5.41) is 0. The minimum absolute atomic E-state index is 0. The molecule has 1 amide bonds. The van der Waals surface area contributed by atoms with Gasteiger partial charge in [-0.1, -0.05) is 0 Å². The number of allylic oxidation sites excluding steroid dienone is 4. The third-order valence-electron chi connectivity index (χ3n) is 2.86. The maximum Gasteiger partial charge on any atom is -1.00 e. The molecule has 0 aromatic rings. The monoisotopic (exact) mass is 353 g/mol. The zero-order chi connectivity index (χ0) is 12.2. The predicted molar refractivity (Wildman–Crippen MR) is 61.2 cm³/mol. The molecule has 2 N–H and O–H groups in total. The van der Waals surface area contributed by atoms with Gasteiger partial charge in [-0.15, -0.1) is 0 Å². The van der Waals surface area contributed by atoms with Crippen LogP contribution in [0.15, 0.2) is 22.3 Å². The Labute approximate surface area is 131 Å². The largest absolute Gasteiger partial charge is 1.00 e. The second-order valence-electron chi connectivity index (χ2n) is 3.87. The van der Waals surface area contributed by atoms with Crippen molar-refractivity contribution >= 4 is 9.62 Å². The first kappa shape index (κ1) is 22.5. The van der Waals surface area contributed by atoms with E-state index in [1.165, 1.54) is 42.3 Å². The molecule has 1 unspecified atom stereocenters.